The molecule has 0 bridgehead atoms. The van der Waals surface area contributed by atoms with E-state index in [1.165, 1.54) is 22.0 Å². The van der Waals surface area contributed by atoms with Crippen LogP contribution < -0.4 is 10.6 Å². The van der Waals surface area contributed by atoms with Crippen LogP contribution in [0.1, 0.15) is 6.42 Å². The summed E-state index contributed by atoms with van der Waals surface area (Å²) in [6.45, 7) is 1.51. The van der Waals surface area contributed by atoms with E-state index in [-0.39, 0.29) is 10.3 Å². The van der Waals surface area contributed by atoms with Gasteiger partial charge in [-0.25, -0.2) is 23.4 Å². The molecule has 34 heavy (non-hydrogen) atoms. The highest BCUT2D eigenvalue weighted by Gasteiger charge is 2.26. The van der Waals surface area contributed by atoms with Crippen LogP contribution in [-0.4, -0.2) is 59.4 Å². The van der Waals surface area contributed by atoms with Gasteiger partial charge in [-0.2, -0.15) is 4.31 Å². The van der Waals surface area contributed by atoms with Crippen LogP contribution in [0.5, 0.6) is 0 Å². The predicted octanol–water partition coefficient (Wildman–Crippen LogP) is 4.28. The van der Waals surface area contributed by atoms with Crippen molar-refractivity contribution in [3.63, 3.8) is 0 Å². The number of rotatable bonds is 6. The largest absolute Gasteiger partial charge is 0.379 e. The van der Waals surface area contributed by atoms with E-state index in [1.54, 1.807) is 24.3 Å². The average Bonchev–Trinajstić information content (AvgIpc) is 3.26. The summed E-state index contributed by atoms with van der Waals surface area (Å²) in [5.41, 5.74) is 1.95. The number of hydrogen-bond acceptors (Lipinski definition) is 9. The number of hydrogen-bond donors (Lipinski definition) is 2. The second kappa shape index (κ2) is 9.76. The fourth-order valence-corrected chi connectivity index (χ4v) is 6.41. The van der Waals surface area contributed by atoms with Crippen molar-refractivity contribution in [2.24, 2.45) is 0 Å². The number of nitrogens with zero attached hydrogens (tertiary/aromatic N) is 4. The first-order valence-electron chi connectivity index (χ1n) is 10.5. The number of allylic oxidation sites excluding steroid dienone is 4. The second-order valence-corrected chi connectivity index (χ2v) is 11.4. The molecule has 1 unspecified atom stereocenters. The van der Waals surface area contributed by atoms with Gasteiger partial charge in [-0.05, 0) is 36.8 Å². The molecule has 9 nitrogen and oxygen atoms in total. The Hall–Kier alpha value is -2.28. The predicted molar refractivity (Wildman–Crippen MR) is 134 cm³/mol. The summed E-state index contributed by atoms with van der Waals surface area (Å²) in [6, 6.07) is 6.55. The molecule has 2 aromatic heterocycles. The number of sulfonamides is 1. The van der Waals surface area contributed by atoms with Crippen LogP contribution in [0.4, 0.5) is 16.6 Å². The molecule has 1 aliphatic heterocycles. The molecular formula is C21H20Cl2N6O3S2. The van der Waals surface area contributed by atoms with Crippen LogP contribution in [0.3, 0.4) is 0 Å². The fourth-order valence-electron chi connectivity index (χ4n) is 3.58. The highest BCUT2D eigenvalue weighted by molar-refractivity contribution is 7.89. The Morgan fingerprint density at radius 2 is 1.88 bits per heavy atom. The molecule has 0 spiro atoms. The molecule has 13 heteroatoms. The Morgan fingerprint density at radius 3 is 2.62 bits per heavy atom. The first-order chi connectivity index (χ1) is 16.4. The third-order valence-corrected chi connectivity index (χ3v) is 8.86. The maximum atomic E-state index is 12.8. The molecule has 0 radical (unpaired) electrons. The summed E-state index contributed by atoms with van der Waals surface area (Å²) in [7, 11) is -3.56. The maximum absolute atomic E-state index is 12.8. The number of halogens is 2. The van der Waals surface area contributed by atoms with Crippen molar-refractivity contribution in [1.29, 1.82) is 0 Å². The van der Waals surface area contributed by atoms with Crippen molar-refractivity contribution < 1.29 is 13.2 Å². The van der Waals surface area contributed by atoms with Gasteiger partial charge >= 0.3 is 0 Å². The minimum Gasteiger partial charge on any atom is -0.379 e. The van der Waals surface area contributed by atoms with E-state index < -0.39 is 10.0 Å². The van der Waals surface area contributed by atoms with Gasteiger partial charge < -0.3 is 15.4 Å². The number of alkyl halides is 1. The minimum absolute atomic E-state index is 0.232. The lowest BCUT2D eigenvalue weighted by Gasteiger charge is -2.26. The smallest absolute Gasteiger partial charge is 0.243 e. The van der Waals surface area contributed by atoms with E-state index in [4.69, 9.17) is 27.9 Å². The molecule has 1 saturated heterocycles. The molecule has 1 atom stereocenters. The number of fused-ring (bicyclic) bond motifs is 1. The highest BCUT2D eigenvalue weighted by Crippen LogP contribution is 2.33. The van der Waals surface area contributed by atoms with E-state index in [0.29, 0.717) is 70.4 Å². The normalized spacial score (nSPS) is 19.5. The zero-order valence-electron chi connectivity index (χ0n) is 17.7. The Bertz CT molecular complexity index is 1370. The molecule has 5 rings (SSSR count). The van der Waals surface area contributed by atoms with Gasteiger partial charge in [-0.15, -0.1) is 11.6 Å². The number of morpholine rings is 1. The molecule has 178 valence electrons. The molecular weight excluding hydrogens is 519 g/mol. The van der Waals surface area contributed by atoms with Crippen molar-refractivity contribution in [2.45, 2.75) is 16.7 Å². The van der Waals surface area contributed by atoms with Gasteiger partial charge in [0.25, 0.3) is 0 Å². The van der Waals surface area contributed by atoms with Crippen LogP contribution in [0.15, 0.2) is 58.4 Å². The molecule has 1 aliphatic carbocycles. The van der Waals surface area contributed by atoms with E-state index in [9.17, 15) is 8.42 Å². The fraction of sp³-hybridized carbons (Fsp3) is 0.286. The van der Waals surface area contributed by atoms with Crippen molar-refractivity contribution in [1.82, 2.24) is 19.3 Å². The average molecular weight is 539 g/mol. The minimum atomic E-state index is -3.56. The summed E-state index contributed by atoms with van der Waals surface area (Å²) in [6.07, 6.45) is 5.86. The van der Waals surface area contributed by atoms with Gasteiger partial charge in [0.2, 0.25) is 10.0 Å². The Balaban J connectivity index is 1.36. The number of benzene rings is 1. The zero-order valence-corrected chi connectivity index (χ0v) is 20.9. The second-order valence-electron chi connectivity index (χ2n) is 7.55. The van der Waals surface area contributed by atoms with Gasteiger partial charge in [0, 0.05) is 18.8 Å². The quantitative estimate of drug-likeness (QED) is 0.447. The monoisotopic (exact) mass is 538 g/mol. The van der Waals surface area contributed by atoms with E-state index in [0.717, 1.165) is 0 Å². The number of anilines is 3. The van der Waals surface area contributed by atoms with Crippen LogP contribution in [0, 0.1) is 0 Å². The van der Waals surface area contributed by atoms with E-state index in [2.05, 4.69) is 25.6 Å². The lowest BCUT2D eigenvalue weighted by molar-refractivity contribution is 0.0730. The van der Waals surface area contributed by atoms with E-state index >= 15 is 0 Å². The van der Waals surface area contributed by atoms with Gasteiger partial charge in [-0.1, -0.05) is 29.0 Å². The first kappa shape index (κ1) is 23.5. The summed E-state index contributed by atoms with van der Waals surface area (Å²) < 4.78 is 32.3. The SMILES string of the molecule is O=S(=O)(c1ccc(Nc2ncnc3sc(NC4=C(Cl)C=CCC4Cl)nc23)cc1)N1CCOCC1. The van der Waals surface area contributed by atoms with Crippen LogP contribution in [-0.2, 0) is 14.8 Å². The molecule has 0 saturated carbocycles. The molecule has 2 aliphatic rings. The molecule has 3 aromatic rings. The lowest BCUT2D eigenvalue weighted by Crippen LogP contribution is -2.40. The summed E-state index contributed by atoms with van der Waals surface area (Å²) in [5, 5.41) is 7.29. The standard InChI is InChI=1S/C21H20Cl2N6O3S2/c22-15-2-1-3-16(23)17(15)27-21-28-18-19(24-12-25-20(18)33-21)26-13-4-6-14(7-5-13)34(30,31)29-8-10-32-11-9-29/h1-2,4-7,12,16H,3,8-11H2,(H,27,28)(H,24,25,26). The molecule has 1 aromatic carbocycles. The van der Waals surface area contributed by atoms with Crippen molar-refractivity contribution in [3.8, 4) is 0 Å². The molecule has 1 fully saturated rings. The number of aromatic nitrogens is 3. The summed E-state index contributed by atoms with van der Waals surface area (Å²) in [5.74, 6) is 0.504. The third-order valence-electron chi connectivity index (χ3n) is 5.34. The Morgan fingerprint density at radius 1 is 1.12 bits per heavy atom. The number of ether oxygens (including phenoxy) is 1. The van der Waals surface area contributed by atoms with Crippen LogP contribution in [0.2, 0.25) is 0 Å². The maximum Gasteiger partial charge on any atom is 0.243 e. The van der Waals surface area contributed by atoms with Crippen LogP contribution >= 0.6 is 34.5 Å². The molecule has 0 amide bonds. The number of nitrogens with one attached hydrogen (secondary N) is 2. The summed E-state index contributed by atoms with van der Waals surface area (Å²) in [4.78, 5) is 14.2. The Kier molecular flexibility index (Phi) is 6.74. The Labute approximate surface area is 210 Å². The topological polar surface area (TPSA) is 109 Å². The molecule has 3 heterocycles. The van der Waals surface area contributed by atoms with Crippen LogP contribution in [0.25, 0.3) is 10.3 Å². The summed E-state index contributed by atoms with van der Waals surface area (Å²) >= 11 is 14.0. The molecule has 2 N–H and O–H groups in total. The van der Waals surface area contributed by atoms with Gasteiger partial charge in [-0.3, -0.25) is 0 Å². The van der Waals surface area contributed by atoms with E-state index in [1.807, 2.05) is 12.2 Å². The highest BCUT2D eigenvalue weighted by atomic mass is 35.5. The zero-order chi connectivity index (χ0) is 23.7. The van der Waals surface area contributed by atoms with Gasteiger partial charge in [0.15, 0.2) is 15.8 Å². The van der Waals surface area contributed by atoms with Gasteiger partial charge in [0.05, 0.1) is 34.2 Å². The van der Waals surface area contributed by atoms with Crippen molar-refractivity contribution in [2.75, 3.05) is 36.9 Å². The van der Waals surface area contributed by atoms with Crippen molar-refractivity contribution >= 4 is 71.5 Å². The lowest BCUT2D eigenvalue weighted by atomic mass is 10.1. The van der Waals surface area contributed by atoms with Gasteiger partial charge in [0.1, 0.15) is 11.8 Å². The third kappa shape index (κ3) is 4.77. The first-order valence-corrected chi connectivity index (χ1v) is 13.5. The number of thiazole rings is 1. The van der Waals surface area contributed by atoms with Crippen molar-refractivity contribution in [3.05, 3.63) is 53.5 Å².